The fraction of sp³-hybridized carbons (Fsp3) is 0.875. The van der Waals surface area contributed by atoms with Gasteiger partial charge in [0.2, 0.25) is 0 Å². The minimum absolute atomic E-state index is 0.392. The molecule has 0 spiro atoms. The van der Waals surface area contributed by atoms with Crippen LogP contribution < -0.4 is 5.32 Å². The van der Waals surface area contributed by atoms with Gasteiger partial charge in [0.05, 0.1) is 0 Å². The van der Waals surface area contributed by atoms with E-state index in [-0.39, 0.29) is 0 Å². The fourth-order valence-electron chi connectivity index (χ4n) is 1.30. The Hall–Kier alpha value is -0.570. The smallest absolute Gasteiger partial charge is 0.320 e. The van der Waals surface area contributed by atoms with Gasteiger partial charge in [-0.2, -0.15) is 0 Å². The lowest BCUT2D eigenvalue weighted by atomic mass is 10.3. The molecule has 0 amide bonds. The minimum Gasteiger partial charge on any atom is -0.480 e. The molecular formula is C8H15NO2. The van der Waals surface area contributed by atoms with Crippen LogP contribution in [0.15, 0.2) is 0 Å². The average molecular weight is 157 g/mol. The zero-order chi connectivity index (χ0) is 8.43. The Morgan fingerprint density at radius 3 is 2.82 bits per heavy atom. The van der Waals surface area contributed by atoms with Crippen molar-refractivity contribution in [1.82, 2.24) is 5.32 Å². The second kappa shape index (κ2) is 3.22. The van der Waals surface area contributed by atoms with E-state index in [9.17, 15) is 4.79 Å². The molecule has 1 saturated carbocycles. The molecule has 3 atom stereocenters. The second-order valence-corrected chi connectivity index (χ2v) is 3.24. The molecular weight excluding hydrogens is 142 g/mol. The summed E-state index contributed by atoms with van der Waals surface area (Å²) in [5.74, 6) is -0.0384. The Bertz CT molecular complexity index is 158. The summed E-state index contributed by atoms with van der Waals surface area (Å²) < 4.78 is 0. The highest BCUT2D eigenvalue weighted by molar-refractivity contribution is 5.72. The summed E-state index contributed by atoms with van der Waals surface area (Å²) in [4.78, 5) is 10.4. The normalized spacial score (nSPS) is 31.5. The van der Waals surface area contributed by atoms with Crippen molar-refractivity contribution in [3.63, 3.8) is 0 Å². The lowest BCUT2D eigenvalue weighted by Crippen LogP contribution is -2.35. The number of hydrogen-bond acceptors (Lipinski definition) is 2. The number of rotatable bonds is 4. The molecule has 64 valence electrons. The third-order valence-electron chi connectivity index (χ3n) is 2.28. The van der Waals surface area contributed by atoms with Crippen LogP contribution >= 0.6 is 0 Å². The van der Waals surface area contributed by atoms with Crippen molar-refractivity contribution in [3.05, 3.63) is 0 Å². The Labute approximate surface area is 66.8 Å². The summed E-state index contributed by atoms with van der Waals surface area (Å²) in [6.07, 6.45) is 2.30. The summed E-state index contributed by atoms with van der Waals surface area (Å²) >= 11 is 0. The van der Waals surface area contributed by atoms with Crippen molar-refractivity contribution >= 4 is 5.97 Å². The Balaban J connectivity index is 2.18. The first kappa shape index (κ1) is 8.53. The summed E-state index contributed by atoms with van der Waals surface area (Å²) in [6, 6.07) is 0.0719. The molecule has 0 heterocycles. The Morgan fingerprint density at radius 1 is 1.82 bits per heavy atom. The zero-order valence-electron chi connectivity index (χ0n) is 7.00. The van der Waals surface area contributed by atoms with Crippen LogP contribution in [0.4, 0.5) is 0 Å². The molecule has 0 aromatic carbocycles. The molecule has 0 radical (unpaired) electrons. The highest BCUT2D eigenvalue weighted by Gasteiger charge is 2.36. The maximum Gasteiger partial charge on any atom is 0.320 e. The molecule has 1 aliphatic carbocycles. The number of aliphatic carboxylic acids is 1. The summed E-state index contributed by atoms with van der Waals surface area (Å²) in [6.45, 7) is 3.82. The summed E-state index contributed by atoms with van der Waals surface area (Å²) in [7, 11) is 0. The van der Waals surface area contributed by atoms with Gasteiger partial charge in [0, 0.05) is 6.04 Å². The number of hydrogen-bond donors (Lipinski definition) is 2. The third kappa shape index (κ3) is 2.19. The highest BCUT2D eigenvalue weighted by atomic mass is 16.4. The molecule has 1 aliphatic rings. The highest BCUT2D eigenvalue weighted by Crippen LogP contribution is 2.33. The van der Waals surface area contributed by atoms with Crippen LogP contribution in [0.25, 0.3) is 0 Å². The van der Waals surface area contributed by atoms with Crippen LogP contribution in [0.5, 0.6) is 0 Å². The van der Waals surface area contributed by atoms with Gasteiger partial charge in [-0.05, 0) is 19.3 Å². The topological polar surface area (TPSA) is 49.3 Å². The molecule has 0 saturated heterocycles. The zero-order valence-corrected chi connectivity index (χ0v) is 7.00. The van der Waals surface area contributed by atoms with Gasteiger partial charge in [0.15, 0.2) is 0 Å². The number of carboxylic acid groups (broad SMARTS) is 1. The van der Waals surface area contributed by atoms with Gasteiger partial charge in [-0.15, -0.1) is 0 Å². The van der Waals surface area contributed by atoms with Crippen molar-refractivity contribution in [1.29, 1.82) is 0 Å². The molecule has 3 heteroatoms. The summed E-state index contributed by atoms with van der Waals surface area (Å²) in [5.41, 5.74) is 0. The van der Waals surface area contributed by atoms with Crippen LogP contribution in [0.2, 0.25) is 0 Å². The van der Waals surface area contributed by atoms with E-state index in [2.05, 4.69) is 12.2 Å². The molecule has 1 rings (SSSR count). The fourth-order valence-corrected chi connectivity index (χ4v) is 1.30. The van der Waals surface area contributed by atoms with E-state index in [1.165, 1.54) is 0 Å². The molecule has 0 bridgehead atoms. The van der Waals surface area contributed by atoms with Gasteiger partial charge in [-0.3, -0.25) is 4.79 Å². The number of nitrogens with one attached hydrogen (secondary N) is 1. The van der Waals surface area contributed by atoms with Crippen molar-refractivity contribution < 1.29 is 9.90 Å². The predicted octanol–water partition coefficient (Wildman–Crippen LogP) is 0.848. The van der Waals surface area contributed by atoms with Gasteiger partial charge in [0.25, 0.3) is 0 Å². The molecule has 3 unspecified atom stereocenters. The van der Waals surface area contributed by atoms with Gasteiger partial charge >= 0.3 is 5.97 Å². The molecule has 0 aromatic rings. The lowest BCUT2D eigenvalue weighted by Gasteiger charge is -2.07. The van der Waals surface area contributed by atoms with Crippen LogP contribution in [0.1, 0.15) is 26.7 Å². The molecule has 0 aromatic heterocycles. The van der Waals surface area contributed by atoms with Gasteiger partial charge in [-0.25, -0.2) is 0 Å². The lowest BCUT2D eigenvalue weighted by molar-refractivity contribution is -0.139. The van der Waals surface area contributed by atoms with E-state index in [4.69, 9.17) is 5.11 Å². The predicted molar refractivity (Wildman–Crippen MR) is 42.4 cm³/mol. The molecule has 2 N–H and O–H groups in total. The van der Waals surface area contributed by atoms with Crippen molar-refractivity contribution in [2.24, 2.45) is 5.92 Å². The first-order valence-electron chi connectivity index (χ1n) is 4.14. The monoisotopic (exact) mass is 157 g/mol. The SMILES string of the molecule is CCC1CC1NC(C)C(=O)O. The Kier molecular flexibility index (Phi) is 2.49. The standard InChI is InChI=1S/C8H15NO2/c1-3-6-4-7(6)9-5(2)8(10)11/h5-7,9H,3-4H2,1-2H3,(H,10,11). The van der Waals surface area contributed by atoms with E-state index < -0.39 is 12.0 Å². The Morgan fingerprint density at radius 2 is 2.45 bits per heavy atom. The summed E-state index contributed by atoms with van der Waals surface area (Å²) in [5, 5.41) is 11.6. The molecule has 1 fully saturated rings. The number of carboxylic acids is 1. The second-order valence-electron chi connectivity index (χ2n) is 3.24. The van der Waals surface area contributed by atoms with E-state index >= 15 is 0 Å². The van der Waals surface area contributed by atoms with E-state index in [0.29, 0.717) is 6.04 Å². The molecule has 11 heavy (non-hydrogen) atoms. The van der Waals surface area contributed by atoms with Crippen LogP contribution in [0.3, 0.4) is 0 Å². The third-order valence-corrected chi connectivity index (χ3v) is 2.28. The van der Waals surface area contributed by atoms with E-state index in [1.54, 1.807) is 6.92 Å². The number of carbonyl (C=O) groups is 1. The first-order valence-corrected chi connectivity index (χ1v) is 4.14. The minimum atomic E-state index is -0.758. The van der Waals surface area contributed by atoms with Crippen molar-refractivity contribution in [2.75, 3.05) is 0 Å². The van der Waals surface area contributed by atoms with Crippen LogP contribution in [-0.4, -0.2) is 23.2 Å². The average Bonchev–Trinajstić information content (AvgIpc) is 2.67. The van der Waals surface area contributed by atoms with Crippen LogP contribution in [-0.2, 0) is 4.79 Å². The van der Waals surface area contributed by atoms with Gasteiger partial charge < -0.3 is 10.4 Å². The van der Waals surface area contributed by atoms with E-state index in [1.807, 2.05) is 0 Å². The molecule has 3 nitrogen and oxygen atoms in total. The van der Waals surface area contributed by atoms with Gasteiger partial charge in [0.1, 0.15) is 6.04 Å². The van der Waals surface area contributed by atoms with Crippen molar-refractivity contribution in [3.8, 4) is 0 Å². The quantitative estimate of drug-likeness (QED) is 0.636. The maximum absolute atomic E-state index is 10.4. The van der Waals surface area contributed by atoms with Gasteiger partial charge in [-0.1, -0.05) is 13.3 Å². The van der Waals surface area contributed by atoms with Crippen molar-refractivity contribution in [2.45, 2.75) is 38.8 Å². The van der Waals surface area contributed by atoms with Crippen LogP contribution in [0, 0.1) is 5.92 Å². The maximum atomic E-state index is 10.4. The molecule has 0 aliphatic heterocycles. The largest absolute Gasteiger partial charge is 0.480 e. The first-order chi connectivity index (χ1) is 5.15. The van der Waals surface area contributed by atoms with E-state index in [0.717, 1.165) is 18.8 Å².